The van der Waals surface area contributed by atoms with E-state index in [-0.39, 0.29) is 35.3 Å². The predicted octanol–water partition coefficient (Wildman–Crippen LogP) is 5.16. The zero-order valence-electron chi connectivity index (χ0n) is 22.9. The molecule has 0 spiro atoms. The lowest BCUT2D eigenvalue weighted by atomic mass is 10.1. The molecule has 0 radical (unpaired) electrons. The highest BCUT2D eigenvalue weighted by Crippen LogP contribution is 2.37. The molecule has 0 bridgehead atoms. The molecule has 1 heterocycles. The number of methoxy groups -OCH3 is 1. The number of amides is 5. The molecule has 1 fully saturated rings. The first-order valence-corrected chi connectivity index (χ1v) is 13.4. The highest BCUT2D eigenvalue weighted by atomic mass is 79.9. The van der Waals surface area contributed by atoms with Crippen LogP contribution >= 0.6 is 15.9 Å². The van der Waals surface area contributed by atoms with Gasteiger partial charge in [0.1, 0.15) is 11.3 Å². The number of imide groups is 2. The van der Waals surface area contributed by atoms with Crippen LogP contribution in [0.4, 0.5) is 16.2 Å². The third kappa shape index (κ3) is 6.58. The molecule has 0 aromatic heterocycles. The highest BCUT2D eigenvalue weighted by molar-refractivity contribution is 9.10. The first-order chi connectivity index (χ1) is 19.6. The van der Waals surface area contributed by atoms with Crippen LogP contribution in [0.5, 0.6) is 17.2 Å². The Balaban J connectivity index is 1.54. The Kier molecular flexibility index (Phi) is 9.08. The van der Waals surface area contributed by atoms with Gasteiger partial charge in [-0.2, -0.15) is 0 Å². The lowest BCUT2D eigenvalue weighted by Crippen LogP contribution is -2.54. The van der Waals surface area contributed by atoms with Crippen LogP contribution in [0.1, 0.15) is 23.6 Å². The summed E-state index contributed by atoms with van der Waals surface area (Å²) in [5, 5.41) is 5.03. The lowest BCUT2D eigenvalue weighted by molar-refractivity contribution is -0.122. The molecule has 10 nitrogen and oxygen atoms in total. The summed E-state index contributed by atoms with van der Waals surface area (Å²) in [6, 6.07) is 14.3. The van der Waals surface area contributed by atoms with E-state index in [0.717, 1.165) is 16.0 Å². The summed E-state index contributed by atoms with van der Waals surface area (Å²) in [5.74, 6) is -0.884. The van der Waals surface area contributed by atoms with Crippen LogP contribution in [0, 0.1) is 13.8 Å². The Hall–Kier alpha value is -4.64. The molecule has 11 heteroatoms. The van der Waals surface area contributed by atoms with E-state index in [1.165, 1.54) is 13.2 Å². The number of rotatable bonds is 9. The quantitative estimate of drug-likeness (QED) is 0.250. The van der Waals surface area contributed by atoms with E-state index in [0.29, 0.717) is 28.1 Å². The summed E-state index contributed by atoms with van der Waals surface area (Å²) in [6.07, 6.45) is 1.34. The zero-order chi connectivity index (χ0) is 29.7. The number of aryl methyl sites for hydroxylation is 1. The summed E-state index contributed by atoms with van der Waals surface area (Å²) < 4.78 is 17.0. The second kappa shape index (κ2) is 12.7. The van der Waals surface area contributed by atoms with Gasteiger partial charge in [-0.15, -0.1) is 0 Å². The number of halogens is 1. The molecule has 2 N–H and O–H groups in total. The number of hydrogen-bond acceptors (Lipinski definition) is 7. The van der Waals surface area contributed by atoms with Crippen molar-refractivity contribution in [2.45, 2.75) is 20.8 Å². The molecular formula is C30H28BrN3O7. The SMILES string of the molecule is CCOc1ccc(N2C(=O)NC(=O)/C(=C\c3cc(Br)c(OCC(=O)Nc4cccc(C)c4C)c(OC)c3)C2=O)cc1. The van der Waals surface area contributed by atoms with Gasteiger partial charge in [0.15, 0.2) is 18.1 Å². The first-order valence-electron chi connectivity index (χ1n) is 12.6. The molecule has 41 heavy (non-hydrogen) atoms. The number of nitrogens with zero attached hydrogens (tertiary/aromatic N) is 1. The number of carbonyl (C=O) groups is 4. The maximum Gasteiger partial charge on any atom is 0.335 e. The van der Waals surface area contributed by atoms with E-state index < -0.39 is 17.8 Å². The first kappa shape index (κ1) is 29.3. The van der Waals surface area contributed by atoms with Gasteiger partial charge in [0.25, 0.3) is 17.7 Å². The van der Waals surface area contributed by atoms with Crippen LogP contribution in [0.15, 0.2) is 64.6 Å². The van der Waals surface area contributed by atoms with Gasteiger partial charge in [-0.25, -0.2) is 9.69 Å². The molecular weight excluding hydrogens is 594 g/mol. The number of benzene rings is 3. The van der Waals surface area contributed by atoms with Crippen LogP contribution in [0.25, 0.3) is 6.08 Å². The number of hydrogen-bond donors (Lipinski definition) is 2. The fourth-order valence-electron chi connectivity index (χ4n) is 4.09. The van der Waals surface area contributed by atoms with Gasteiger partial charge in [-0.3, -0.25) is 19.7 Å². The number of carbonyl (C=O) groups excluding carboxylic acids is 4. The molecule has 1 aliphatic heterocycles. The number of urea groups is 1. The molecule has 1 aliphatic rings. The third-order valence-electron chi connectivity index (χ3n) is 6.30. The van der Waals surface area contributed by atoms with Crippen LogP contribution < -0.4 is 29.7 Å². The van der Waals surface area contributed by atoms with E-state index >= 15 is 0 Å². The Morgan fingerprint density at radius 2 is 1.78 bits per heavy atom. The Morgan fingerprint density at radius 3 is 2.46 bits per heavy atom. The third-order valence-corrected chi connectivity index (χ3v) is 6.89. The van der Waals surface area contributed by atoms with Crippen molar-refractivity contribution in [1.82, 2.24) is 5.32 Å². The van der Waals surface area contributed by atoms with Crippen molar-refractivity contribution in [3.05, 3.63) is 81.3 Å². The number of anilines is 2. The van der Waals surface area contributed by atoms with Crippen molar-refractivity contribution in [3.8, 4) is 17.2 Å². The van der Waals surface area contributed by atoms with Gasteiger partial charge in [0.05, 0.1) is 23.9 Å². The van der Waals surface area contributed by atoms with Gasteiger partial charge < -0.3 is 19.5 Å². The number of barbiturate groups is 1. The summed E-state index contributed by atoms with van der Waals surface area (Å²) in [5.41, 5.74) is 3.14. The Bertz CT molecular complexity index is 1550. The molecule has 0 unspecified atom stereocenters. The molecule has 3 aromatic rings. The van der Waals surface area contributed by atoms with Gasteiger partial charge >= 0.3 is 6.03 Å². The van der Waals surface area contributed by atoms with E-state index in [1.54, 1.807) is 36.4 Å². The molecule has 1 saturated heterocycles. The van der Waals surface area contributed by atoms with Crippen LogP contribution in [0.3, 0.4) is 0 Å². The number of ether oxygens (including phenoxy) is 3. The van der Waals surface area contributed by atoms with Crippen LogP contribution in [-0.4, -0.2) is 44.1 Å². The van der Waals surface area contributed by atoms with Crippen molar-refractivity contribution in [2.75, 3.05) is 30.5 Å². The largest absolute Gasteiger partial charge is 0.494 e. The van der Waals surface area contributed by atoms with Crippen LogP contribution in [-0.2, 0) is 14.4 Å². The van der Waals surface area contributed by atoms with Gasteiger partial charge in [-0.1, -0.05) is 12.1 Å². The van der Waals surface area contributed by atoms with E-state index in [2.05, 4.69) is 26.6 Å². The summed E-state index contributed by atoms with van der Waals surface area (Å²) in [7, 11) is 1.42. The standard InChI is InChI=1S/C30H28BrN3O7/c1-5-40-21-11-9-20(10-12-21)34-29(37)22(28(36)33-30(34)38)13-19-14-23(31)27(25(15-19)39-4)41-16-26(35)32-24-8-6-7-17(2)18(24)3/h6-15H,5,16H2,1-4H3,(H,32,35)(H,33,36,38)/b22-13+. The average Bonchev–Trinajstić information content (AvgIpc) is 2.93. The fourth-order valence-corrected chi connectivity index (χ4v) is 4.66. The second-order valence-electron chi connectivity index (χ2n) is 9.00. The maximum atomic E-state index is 13.3. The van der Waals surface area contributed by atoms with Gasteiger partial charge in [0, 0.05) is 5.69 Å². The average molecular weight is 622 g/mol. The van der Waals surface area contributed by atoms with Crippen molar-refractivity contribution in [1.29, 1.82) is 0 Å². The molecule has 4 rings (SSSR count). The van der Waals surface area contributed by atoms with Crippen molar-refractivity contribution < 1.29 is 33.4 Å². The van der Waals surface area contributed by atoms with E-state index in [4.69, 9.17) is 14.2 Å². The summed E-state index contributed by atoms with van der Waals surface area (Å²) >= 11 is 3.42. The topological polar surface area (TPSA) is 123 Å². The van der Waals surface area contributed by atoms with Crippen molar-refractivity contribution >= 4 is 57.1 Å². The van der Waals surface area contributed by atoms with E-state index in [9.17, 15) is 19.2 Å². The second-order valence-corrected chi connectivity index (χ2v) is 9.86. The molecule has 0 atom stereocenters. The summed E-state index contributed by atoms with van der Waals surface area (Å²) in [6.45, 7) is 5.90. The summed E-state index contributed by atoms with van der Waals surface area (Å²) in [4.78, 5) is 51.9. The molecule has 5 amide bonds. The van der Waals surface area contributed by atoms with E-state index in [1.807, 2.05) is 39.0 Å². The molecule has 3 aromatic carbocycles. The molecule has 0 saturated carbocycles. The monoisotopic (exact) mass is 621 g/mol. The lowest BCUT2D eigenvalue weighted by Gasteiger charge is -2.26. The number of nitrogens with one attached hydrogen (secondary N) is 2. The molecule has 212 valence electrons. The van der Waals surface area contributed by atoms with Crippen molar-refractivity contribution in [2.24, 2.45) is 0 Å². The smallest absolute Gasteiger partial charge is 0.335 e. The Labute approximate surface area is 245 Å². The minimum atomic E-state index is -0.858. The van der Waals surface area contributed by atoms with Gasteiger partial charge in [-0.05, 0) is 102 Å². The fraction of sp³-hybridized carbons (Fsp3) is 0.200. The Morgan fingerprint density at radius 1 is 1.05 bits per heavy atom. The van der Waals surface area contributed by atoms with Gasteiger partial charge in [0.2, 0.25) is 0 Å². The highest BCUT2D eigenvalue weighted by Gasteiger charge is 2.37. The van der Waals surface area contributed by atoms with Crippen LogP contribution in [0.2, 0.25) is 0 Å². The van der Waals surface area contributed by atoms with Crippen molar-refractivity contribution in [3.63, 3.8) is 0 Å². The minimum Gasteiger partial charge on any atom is -0.494 e. The zero-order valence-corrected chi connectivity index (χ0v) is 24.5. The molecule has 0 aliphatic carbocycles. The predicted molar refractivity (Wildman–Crippen MR) is 157 cm³/mol. The maximum absolute atomic E-state index is 13.3. The normalized spacial score (nSPS) is 14.1. The minimum absolute atomic E-state index is 0.256.